The van der Waals surface area contributed by atoms with Crippen molar-refractivity contribution in [2.75, 3.05) is 19.6 Å². The fourth-order valence-corrected chi connectivity index (χ4v) is 5.34. The van der Waals surface area contributed by atoms with E-state index in [1.807, 2.05) is 13.0 Å². The van der Waals surface area contributed by atoms with Gasteiger partial charge in [-0.2, -0.15) is 4.98 Å². The summed E-state index contributed by atoms with van der Waals surface area (Å²) in [4.78, 5) is 28.6. The molecule has 1 aromatic heterocycles. The van der Waals surface area contributed by atoms with Gasteiger partial charge in [0.1, 0.15) is 5.82 Å². The van der Waals surface area contributed by atoms with E-state index in [0.717, 1.165) is 34.2 Å². The van der Waals surface area contributed by atoms with Gasteiger partial charge in [-0.05, 0) is 88.4 Å². The van der Waals surface area contributed by atoms with Crippen LogP contribution in [0.4, 0.5) is 0 Å². The van der Waals surface area contributed by atoms with Gasteiger partial charge in [0.05, 0.1) is 22.4 Å². The quantitative estimate of drug-likeness (QED) is 0.400. The number of nitrogens with two attached hydrogens (primary N) is 1. The van der Waals surface area contributed by atoms with E-state index in [-0.39, 0.29) is 17.4 Å². The molecule has 0 aliphatic carbocycles. The number of hydrogen-bond donors (Lipinski definition) is 1. The Kier molecular flexibility index (Phi) is 11.7. The molecule has 38 heavy (non-hydrogen) atoms. The molecule has 2 aliphatic rings. The molecule has 0 unspecified atom stereocenters. The molecule has 0 saturated carbocycles. The van der Waals surface area contributed by atoms with Crippen LogP contribution in [0.25, 0.3) is 16.2 Å². The van der Waals surface area contributed by atoms with Crippen molar-refractivity contribution in [3.8, 4) is 5.69 Å². The zero-order valence-corrected chi connectivity index (χ0v) is 25.8. The Labute approximate surface area is 237 Å². The molecule has 1 aromatic carbocycles. The van der Waals surface area contributed by atoms with E-state index in [9.17, 15) is 4.79 Å². The summed E-state index contributed by atoms with van der Waals surface area (Å²) in [5.74, 6) is 2.27. The molecular weight excluding hydrogens is 540 g/mol. The van der Waals surface area contributed by atoms with Gasteiger partial charge < -0.3 is 10.6 Å². The van der Waals surface area contributed by atoms with Crippen LogP contribution in [0.3, 0.4) is 0 Å². The topological polar surface area (TPSA) is 81.2 Å². The zero-order valence-electron chi connectivity index (χ0n) is 24.2. The maximum atomic E-state index is 12.9. The molecule has 0 bridgehead atoms. The lowest BCUT2D eigenvalue weighted by atomic mass is 9.81. The Morgan fingerprint density at radius 2 is 1.84 bits per heavy atom. The summed E-state index contributed by atoms with van der Waals surface area (Å²) in [6.07, 6.45) is 7.61. The van der Waals surface area contributed by atoms with E-state index >= 15 is 0 Å². The highest BCUT2D eigenvalue weighted by Gasteiger charge is 2.40. The standard InChI is InChI=1S/C25H30BrN3O.C5H12.CH3NO/c1-6-19(26)22-20(7-2)29-21-10-9-17(16-11-13-28(8-3)14-12-16)15-18(21)25(4,5)24(29)27-23(22)30;1-4-5(2)3;2-1-3/h6-7,9-10,15-16H,2,8,11-14H2,1,3-5H3;5H,4H2,1-3H3;1H,(H2,2,3)/b19-6+;;. The largest absolute Gasteiger partial charge is 0.372 e. The molecule has 7 heteroatoms. The van der Waals surface area contributed by atoms with Crippen LogP contribution in [-0.4, -0.2) is 40.5 Å². The van der Waals surface area contributed by atoms with E-state index in [1.54, 1.807) is 6.08 Å². The van der Waals surface area contributed by atoms with E-state index in [4.69, 9.17) is 4.79 Å². The number of likely N-dealkylation sites (tertiary alicyclic amines) is 1. The lowest BCUT2D eigenvalue weighted by Crippen LogP contribution is -2.32. The molecule has 6 nitrogen and oxygen atoms in total. The smallest absolute Gasteiger partial charge is 0.281 e. The minimum Gasteiger partial charge on any atom is -0.372 e. The SMILES string of the molecule is C=Cc1c(/C(Br)=C\C)c(=O)nc2n1-c1ccc(C3CCN(CC)CC3)cc1C2(C)C.CCC(C)C.NC=O. The molecule has 208 valence electrons. The van der Waals surface area contributed by atoms with Gasteiger partial charge in [0.15, 0.2) is 0 Å². The first-order chi connectivity index (χ1) is 18.0. The van der Waals surface area contributed by atoms with Gasteiger partial charge in [0.2, 0.25) is 6.41 Å². The molecule has 4 rings (SSSR count). The number of halogens is 1. The van der Waals surface area contributed by atoms with Crippen molar-refractivity contribution in [3.63, 3.8) is 0 Å². The summed E-state index contributed by atoms with van der Waals surface area (Å²) in [5, 5.41) is 0. The number of allylic oxidation sites excluding steroid dienone is 1. The normalized spacial score (nSPS) is 16.5. The van der Waals surface area contributed by atoms with Crippen LogP contribution in [0.1, 0.15) is 102 Å². The van der Waals surface area contributed by atoms with Gasteiger partial charge in [0.25, 0.3) is 5.56 Å². The third-order valence-electron chi connectivity index (χ3n) is 7.63. The van der Waals surface area contributed by atoms with E-state index in [1.165, 1.54) is 43.5 Å². The first-order valence-corrected chi connectivity index (χ1v) is 14.5. The molecule has 1 amide bonds. The average Bonchev–Trinajstić information content (AvgIpc) is 3.14. The van der Waals surface area contributed by atoms with Gasteiger partial charge in [-0.1, -0.05) is 74.8 Å². The second kappa shape index (κ2) is 14.0. The number of benzene rings is 1. The highest BCUT2D eigenvalue weighted by molar-refractivity contribution is 9.15. The fourth-order valence-electron chi connectivity index (χ4n) is 4.97. The van der Waals surface area contributed by atoms with Crippen molar-refractivity contribution in [2.24, 2.45) is 11.7 Å². The third kappa shape index (κ3) is 6.73. The molecule has 1 saturated heterocycles. The van der Waals surface area contributed by atoms with Crippen LogP contribution in [0.15, 0.2) is 35.6 Å². The van der Waals surface area contributed by atoms with Crippen LogP contribution in [0.5, 0.6) is 0 Å². The first-order valence-electron chi connectivity index (χ1n) is 13.7. The highest BCUT2D eigenvalue weighted by atomic mass is 79.9. The summed E-state index contributed by atoms with van der Waals surface area (Å²) in [5.41, 5.74) is 8.72. The van der Waals surface area contributed by atoms with Crippen LogP contribution in [-0.2, 0) is 10.2 Å². The Morgan fingerprint density at radius 1 is 1.26 bits per heavy atom. The number of hydrogen-bond acceptors (Lipinski definition) is 4. The number of aromatic nitrogens is 2. The van der Waals surface area contributed by atoms with Crippen LogP contribution in [0.2, 0.25) is 0 Å². The summed E-state index contributed by atoms with van der Waals surface area (Å²) >= 11 is 3.53. The Hall–Kier alpha value is -2.51. The third-order valence-corrected chi connectivity index (χ3v) is 8.49. The molecule has 2 N–H and O–H groups in total. The van der Waals surface area contributed by atoms with Gasteiger partial charge in [0, 0.05) is 4.48 Å². The summed E-state index contributed by atoms with van der Waals surface area (Å²) in [7, 11) is 0. The predicted molar refractivity (Wildman–Crippen MR) is 164 cm³/mol. The Morgan fingerprint density at radius 3 is 2.32 bits per heavy atom. The monoisotopic (exact) mass is 584 g/mol. The zero-order chi connectivity index (χ0) is 28.6. The first kappa shape index (κ1) is 31.7. The number of primary amides is 1. The number of carbonyl (C=O) groups is 1. The minimum absolute atomic E-state index is 0.214. The maximum Gasteiger partial charge on any atom is 0.281 e. The molecule has 1 fully saturated rings. The lowest BCUT2D eigenvalue weighted by molar-refractivity contribution is -0.106. The number of nitrogens with zero attached hydrogens (tertiary/aromatic N) is 3. The van der Waals surface area contributed by atoms with Crippen molar-refractivity contribution in [1.29, 1.82) is 0 Å². The fraction of sp³-hybridized carbons (Fsp3) is 0.516. The Bertz CT molecular complexity index is 1210. The molecular formula is C31H45BrN4O2. The molecule has 0 radical (unpaired) electrons. The molecule has 3 heterocycles. The number of rotatable bonds is 5. The van der Waals surface area contributed by atoms with E-state index in [0.29, 0.717) is 11.5 Å². The van der Waals surface area contributed by atoms with Gasteiger partial charge in [-0.25, -0.2) is 0 Å². The van der Waals surface area contributed by atoms with Crippen LogP contribution < -0.4 is 11.3 Å². The second-order valence-electron chi connectivity index (χ2n) is 10.7. The van der Waals surface area contributed by atoms with Crippen molar-refractivity contribution >= 4 is 32.9 Å². The van der Waals surface area contributed by atoms with E-state index < -0.39 is 0 Å². The average molecular weight is 586 g/mol. The van der Waals surface area contributed by atoms with Crippen molar-refractivity contribution in [2.45, 2.75) is 79.1 Å². The predicted octanol–water partition coefficient (Wildman–Crippen LogP) is 6.62. The van der Waals surface area contributed by atoms with E-state index in [2.05, 4.69) is 102 Å². The number of fused-ring (bicyclic) bond motifs is 3. The molecule has 0 spiro atoms. The summed E-state index contributed by atoms with van der Waals surface area (Å²) in [6, 6.07) is 6.84. The number of piperidine rings is 1. The van der Waals surface area contributed by atoms with Crippen molar-refractivity contribution < 1.29 is 4.79 Å². The van der Waals surface area contributed by atoms with Gasteiger partial charge >= 0.3 is 0 Å². The minimum atomic E-state index is -0.340. The maximum absolute atomic E-state index is 12.9. The van der Waals surface area contributed by atoms with Crippen molar-refractivity contribution in [3.05, 3.63) is 69.4 Å². The van der Waals surface area contributed by atoms with Crippen LogP contribution in [0, 0.1) is 5.92 Å². The van der Waals surface area contributed by atoms with Crippen LogP contribution >= 0.6 is 15.9 Å². The second-order valence-corrected chi connectivity index (χ2v) is 11.6. The molecule has 0 atom stereocenters. The molecule has 2 aromatic rings. The van der Waals surface area contributed by atoms with Gasteiger partial charge in [-0.15, -0.1) is 0 Å². The molecule has 2 aliphatic heterocycles. The summed E-state index contributed by atoms with van der Waals surface area (Å²) in [6.45, 7) is 22.6. The summed E-state index contributed by atoms with van der Waals surface area (Å²) < 4.78 is 2.86. The number of carbonyl (C=O) groups excluding carboxylic acids is 1. The highest BCUT2D eigenvalue weighted by Crippen LogP contribution is 2.44. The lowest BCUT2D eigenvalue weighted by Gasteiger charge is -2.31. The Balaban J connectivity index is 0.000000559. The van der Waals surface area contributed by atoms with Crippen molar-refractivity contribution in [1.82, 2.24) is 14.5 Å². The van der Waals surface area contributed by atoms with Gasteiger partial charge in [-0.3, -0.25) is 14.2 Å². The number of amides is 1.